The summed E-state index contributed by atoms with van der Waals surface area (Å²) >= 11 is 3.11. The molecule has 4 N–H and O–H groups in total. The highest BCUT2D eigenvalue weighted by atomic mass is 79.9. The Morgan fingerprint density at radius 3 is 2.56 bits per heavy atom. The van der Waals surface area contributed by atoms with Crippen LogP contribution in [0, 0.1) is 0 Å². The Morgan fingerprint density at radius 2 is 2.33 bits per heavy atom. The first kappa shape index (κ1) is 6.64. The van der Waals surface area contributed by atoms with E-state index < -0.39 is 0 Å². The number of nitrogens with two attached hydrogens (primary N) is 2. The van der Waals surface area contributed by atoms with E-state index in [1.807, 2.05) is 0 Å². The molecule has 1 aromatic rings. The first-order valence-corrected chi connectivity index (χ1v) is 3.27. The summed E-state index contributed by atoms with van der Waals surface area (Å²) in [5.41, 5.74) is 11.3. The van der Waals surface area contributed by atoms with Crippen LogP contribution in [-0.2, 0) is 6.54 Å². The average Bonchev–Trinajstić information content (AvgIpc) is 2.13. The number of hydrogen-bond donors (Lipinski definition) is 2. The maximum atomic E-state index is 5.42. The summed E-state index contributed by atoms with van der Waals surface area (Å²) in [6.07, 6.45) is 0. The van der Waals surface area contributed by atoms with Crippen molar-refractivity contribution in [1.82, 2.24) is 0 Å². The van der Waals surface area contributed by atoms with Gasteiger partial charge in [-0.05, 0) is 15.9 Å². The van der Waals surface area contributed by atoms with Crippen molar-refractivity contribution < 1.29 is 4.42 Å². The minimum absolute atomic E-state index is 0.385. The molecular weight excluding hydrogens is 184 g/mol. The second-order valence-corrected chi connectivity index (χ2v) is 2.37. The van der Waals surface area contributed by atoms with Crippen molar-refractivity contribution in [3.63, 3.8) is 0 Å². The van der Waals surface area contributed by atoms with Gasteiger partial charge in [-0.1, -0.05) is 0 Å². The highest BCUT2D eigenvalue weighted by molar-refractivity contribution is 9.10. The highest BCUT2D eigenvalue weighted by Gasteiger charge is 2.01. The van der Waals surface area contributed by atoms with Crippen molar-refractivity contribution >= 4 is 21.6 Å². The molecular formula is C5H7BrN2O. The first-order valence-electron chi connectivity index (χ1n) is 2.48. The molecule has 3 nitrogen and oxygen atoms in total. The number of halogens is 1. The number of rotatable bonds is 1. The van der Waals surface area contributed by atoms with E-state index in [1.54, 1.807) is 6.07 Å². The van der Waals surface area contributed by atoms with Gasteiger partial charge in [0.2, 0.25) is 0 Å². The Labute approximate surface area is 61.1 Å². The van der Waals surface area contributed by atoms with Gasteiger partial charge in [-0.3, -0.25) is 0 Å². The number of hydrogen-bond acceptors (Lipinski definition) is 3. The largest absolute Gasteiger partial charge is 0.451 e. The van der Waals surface area contributed by atoms with Crippen molar-refractivity contribution in [2.45, 2.75) is 6.54 Å². The Morgan fingerprint density at radius 1 is 1.67 bits per heavy atom. The lowest BCUT2D eigenvalue weighted by Crippen LogP contribution is -1.92. The van der Waals surface area contributed by atoms with Gasteiger partial charge in [0.15, 0.2) is 4.67 Å². The van der Waals surface area contributed by atoms with Gasteiger partial charge in [0.05, 0.1) is 12.2 Å². The van der Waals surface area contributed by atoms with Crippen LogP contribution in [0.15, 0.2) is 15.2 Å². The minimum atomic E-state index is 0.385. The molecule has 1 aromatic heterocycles. The van der Waals surface area contributed by atoms with E-state index in [0.29, 0.717) is 22.7 Å². The molecule has 0 spiro atoms. The fraction of sp³-hybridized carbons (Fsp3) is 0.200. The molecule has 0 aliphatic rings. The number of anilines is 1. The van der Waals surface area contributed by atoms with Crippen LogP contribution in [0.3, 0.4) is 0 Å². The summed E-state index contributed by atoms with van der Waals surface area (Å²) in [5, 5.41) is 0. The SMILES string of the molecule is NCc1cc(N)c(Br)o1. The van der Waals surface area contributed by atoms with Crippen molar-refractivity contribution in [3.8, 4) is 0 Å². The van der Waals surface area contributed by atoms with Crippen LogP contribution in [0.4, 0.5) is 5.69 Å². The van der Waals surface area contributed by atoms with Crippen LogP contribution >= 0.6 is 15.9 Å². The second-order valence-electron chi connectivity index (χ2n) is 1.65. The van der Waals surface area contributed by atoms with Gasteiger partial charge in [0, 0.05) is 6.07 Å². The molecule has 0 fully saturated rings. The Bertz CT molecular complexity index is 189. The molecule has 0 amide bonds. The van der Waals surface area contributed by atoms with E-state index in [-0.39, 0.29) is 0 Å². The maximum absolute atomic E-state index is 5.42. The lowest BCUT2D eigenvalue weighted by Gasteiger charge is -1.82. The van der Waals surface area contributed by atoms with Crippen LogP contribution in [0.2, 0.25) is 0 Å². The third-order valence-corrected chi connectivity index (χ3v) is 1.59. The topological polar surface area (TPSA) is 65.2 Å². The van der Waals surface area contributed by atoms with E-state index in [2.05, 4.69) is 15.9 Å². The van der Waals surface area contributed by atoms with Crippen LogP contribution in [0.25, 0.3) is 0 Å². The Balaban J connectivity index is 2.98. The normalized spacial score (nSPS) is 10.0. The van der Waals surface area contributed by atoms with Crippen molar-refractivity contribution in [1.29, 1.82) is 0 Å². The molecule has 1 rings (SSSR count). The summed E-state index contributed by atoms with van der Waals surface area (Å²) < 4.78 is 5.59. The Kier molecular flexibility index (Phi) is 1.78. The molecule has 0 aliphatic heterocycles. The van der Waals surface area contributed by atoms with E-state index in [1.165, 1.54) is 0 Å². The van der Waals surface area contributed by atoms with Crippen molar-refractivity contribution in [2.75, 3.05) is 5.73 Å². The molecule has 0 aromatic carbocycles. The standard InChI is InChI=1S/C5H7BrN2O/c6-5-4(8)1-3(2-7)9-5/h1H,2,7-8H2. The smallest absolute Gasteiger partial charge is 0.192 e. The molecule has 1 heterocycles. The van der Waals surface area contributed by atoms with Gasteiger partial charge in [0.1, 0.15) is 5.76 Å². The third kappa shape index (κ3) is 1.25. The Hall–Kier alpha value is -0.480. The quantitative estimate of drug-likeness (QED) is 0.697. The summed E-state index contributed by atoms with van der Waals surface area (Å²) in [7, 11) is 0. The lowest BCUT2D eigenvalue weighted by atomic mass is 10.4. The third-order valence-electron chi connectivity index (χ3n) is 0.965. The fourth-order valence-corrected chi connectivity index (χ4v) is 0.857. The molecule has 0 radical (unpaired) electrons. The van der Waals surface area contributed by atoms with Gasteiger partial charge >= 0.3 is 0 Å². The molecule has 0 saturated heterocycles. The highest BCUT2D eigenvalue weighted by Crippen LogP contribution is 2.22. The fourth-order valence-electron chi connectivity index (χ4n) is 0.534. The van der Waals surface area contributed by atoms with Crippen molar-refractivity contribution in [3.05, 3.63) is 16.5 Å². The van der Waals surface area contributed by atoms with Gasteiger partial charge < -0.3 is 15.9 Å². The van der Waals surface area contributed by atoms with Crippen LogP contribution in [0.5, 0.6) is 0 Å². The van der Waals surface area contributed by atoms with E-state index in [4.69, 9.17) is 15.9 Å². The molecule has 0 saturated carbocycles. The molecule has 0 aliphatic carbocycles. The van der Waals surface area contributed by atoms with E-state index in [9.17, 15) is 0 Å². The van der Waals surface area contributed by atoms with Crippen LogP contribution in [-0.4, -0.2) is 0 Å². The molecule has 4 heteroatoms. The van der Waals surface area contributed by atoms with Crippen LogP contribution in [0.1, 0.15) is 5.76 Å². The zero-order valence-electron chi connectivity index (χ0n) is 4.73. The van der Waals surface area contributed by atoms with Crippen LogP contribution < -0.4 is 11.5 Å². The number of furan rings is 1. The van der Waals surface area contributed by atoms with Gasteiger partial charge in [-0.2, -0.15) is 0 Å². The summed E-state index contributed by atoms with van der Waals surface area (Å²) in [4.78, 5) is 0. The van der Waals surface area contributed by atoms with Gasteiger partial charge in [-0.25, -0.2) is 0 Å². The second kappa shape index (κ2) is 2.41. The molecule has 0 unspecified atom stereocenters. The predicted molar refractivity (Wildman–Crippen MR) is 38.7 cm³/mol. The monoisotopic (exact) mass is 190 g/mol. The zero-order valence-corrected chi connectivity index (χ0v) is 6.31. The zero-order chi connectivity index (χ0) is 6.85. The lowest BCUT2D eigenvalue weighted by molar-refractivity contribution is 0.491. The van der Waals surface area contributed by atoms with Gasteiger partial charge in [-0.15, -0.1) is 0 Å². The average molecular weight is 191 g/mol. The van der Waals surface area contributed by atoms with E-state index >= 15 is 0 Å². The van der Waals surface area contributed by atoms with Gasteiger partial charge in [0.25, 0.3) is 0 Å². The molecule has 9 heavy (non-hydrogen) atoms. The number of nitrogen functional groups attached to an aromatic ring is 1. The molecule has 0 atom stereocenters. The molecule has 0 bridgehead atoms. The summed E-state index contributed by atoms with van der Waals surface area (Å²) in [5.74, 6) is 0.694. The minimum Gasteiger partial charge on any atom is -0.451 e. The maximum Gasteiger partial charge on any atom is 0.192 e. The first-order chi connectivity index (χ1) is 4.24. The summed E-state index contributed by atoms with van der Waals surface area (Å²) in [6.45, 7) is 0.385. The van der Waals surface area contributed by atoms with Crippen molar-refractivity contribution in [2.24, 2.45) is 5.73 Å². The summed E-state index contributed by atoms with van der Waals surface area (Å²) in [6, 6.07) is 1.70. The van der Waals surface area contributed by atoms with E-state index in [0.717, 1.165) is 0 Å². The predicted octanol–water partition coefficient (Wildman–Crippen LogP) is 1.08. The molecule has 50 valence electrons.